The first kappa shape index (κ1) is 20.3. The van der Waals surface area contributed by atoms with Crippen LogP contribution in [0.4, 0.5) is 8.78 Å². The lowest BCUT2D eigenvalue weighted by atomic mass is 9.70. The number of fused-ring (bicyclic) bond motifs is 4. The lowest BCUT2D eigenvalue weighted by molar-refractivity contribution is -0.128. The van der Waals surface area contributed by atoms with Crippen LogP contribution in [0.15, 0.2) is 18.2 Å². The quantitative estimate of drug-likeness (QED) is 0.720. The zero-order valence-electron chi connectivity index (χ0n) is 17.4. The van der Waals surface area contributed by atoms with Gasteiger partial charge in [0.25, 0.3) is 0 Å². The maximum absolute atomic E-state index is 13.9. The molecule has 0 aromatic heterocycles. The van der Waals surface area contributed by atoms with Gasteiger partial charge in [0.05, 0.1) is 5.75 Å². The number of sulfonamides is 1. The molecule has 2 saturated carbocycles. The van der Waals surface area contributed by atoms with Crippen molar-refractivity contribution in [3.05, 3.63) is 41.0 Å². The van der Waals surface area contributed by atoms with E-state index in [9.17, 15) is 22.0 Å². The topological polar surface area (TPSA) is 54.5 Å². The number of carbonyl (C=O) groups excluding carboxylic acids is 1. The molecule has 1 heterocycles. The molecule has 0 amide bonds. The smallest absolute Gasteiger partial charge is 0.215 e. The molecule has 2 atom stereocenters. The number of carbonyl (C=O) groups is 1. The van der Waals surface area contributed by atoms with Gasteiger partial charge in [-0.25, -0.2) is 21.5 Å². The second-order valence-corrected chi connectivity index (χ2v) is 12.1. The van der Waals surface area contributed by atoms with Gasteiger partial charge < -0.3 is 0 Å². The Morgan fingerprint density at radius 1 is 1.10 bits per heavy atom. The van der Waals surface area contributed by atoms with Gasteiger partial charge in [-0.1, -0.05) is 26.0 Å². The molecule has 4 nitrogen and oxygen atoms in total. The summed E-state index contributed by atoms with van der Waals surface area (Å²) in [6.45, 7) is 4.73. The number of allylic oxidation sites excluding steroid dienone is 1. The number of hydrogen-bond acceptors (Lipinski definition) is 3. The number of halogens is 2. The highest BCUT2D eigenvalue weighted by Gasteiger charge is 2.65. The predicted octanol–water partition coefficient (Wildman–Crippen LogP) is 4.05. The minimum absolute atomic E-state index is 0.103. The Bertz CT molecular complexity index is 1070. The van der Waals surface area contributed by atoms with E-state index in [0.29, 0.717) is 44.3 Å². The van der Waals surface area contributed by atoms with Crippen LogP contribution in [0.1, 0.15) is 57.1 Å². The van der Waals surface area contributed by atoms with Crippen molar-refractivity contribution in [1.29, 1.82) is 0 Å². The average molecular weight is 436 g/mol. The fourth-order valence-electron chi connectivity index (χ4n) is 6.58. The summed E-state index contributed by atoms with van der Waals surface area (Å²) >= 11 is 0. The van der Waals surface area contributed by atoms with Crippen LogP contribution < -0.4 is 0 Å². The van der Waals surface area contributed by atoms with E-state index < -0.39 is 32.5 Å². The predicted molar refractivity (Wildman–Crippen MR) is 110 cm³/mol. The van der Waals surface area contributed by atoms with Crippen LogP contribution >= 0.6 is 0 Å². The van der Waals surface area contributed by atoms with Gasteiger partial charge in [-0.05, 0) is 60.3 Å². The Kier molecular flexibility index (Phi) is 4.21. The lowest BCUT2D eigenvalue weighted by Crippen LogP contribution is -2.50. The summed E-state index contributed by atoms with van der Waals surface area (Å²) in [5, 5.41) is 0. The number of rotatable bonds is 3. The van der Waals surface area contributed by atoms with Crippen LogP contribution in [-0.2, 0) is 20.2 Å². The molecule has 0 N–H and O–H groups in total. The van der Waals surface area contributed by atoms with Gasteiger partial charge in [-0.15, -0.1) is 0 Å². The van der Waals surface area contributed by atoms with Crippen molar-refractivity contribution in [3.8, 4) is 0 Å². The van der Waals surface area contributed by atoms with Crippen molar-refractivity contribution in [2.45, 2.75) is 51.4 Å². The Labute approximate surface area is 176 Å². The first-order valence-electron chi connectivity index (χ1n) is 10.7. The third-order valence-electron chi connectivity index (χ3n) is 8.79. The molecule has 5 rings (SSSR count). The normalized spacial score (nSPS) is 31.6. The summed E-state index contributed by atoms with van der Waals surface area (Å²) in [6.07, 6.45) is 6.88. The van der Waals surface area contributed by atoms with E-state index in [2.05, 4.69) is 0 Å². The van der Waals surface area contributed by atoms with Crippen LogP contribution in [0.25, 0.3) is 6.08 Å². The molecule has 1 saturated heterocycles. The summed E-state index contributed by atoms with van der Waals surface area (Å²) in [5.41, 5.74) is -0.105. The summed E-state index contributed by atoms with van der Waals surface area (Å²) in [4.78, 5) is 12.8. The molecule has 1 aromatic rings. The fourth-order valence-corrected chi connectivity index (χ4v) is 8.80. The van der Waals surface area contributed by atoms with Crippen LogP contribution in [0.5, 0.6) is 0 Å². The molecular formula is C23H27F2NO3S. The highest BCUT2D eigenvalue weighted by molar-refractivity contribution is 7.89. The summed E-state index contributed by atoms with van der Waals surface area (Å²) in [5.74, 6) is -1.47. The van der Waals surface area contributed by atoms with Crippen molar-refractivity contribution in [1.82, 2.24) is 4.31 Å². The van der Waals surface area contributed by atoms with E-state index in [4.69, 9.17) is 0 Å². The molecule has 1 aromatic carbocycles. The van der Waals surface area contributed by atoms with E-state index in [1.807, 2.05) is 19.9 Å². The van der Waals surface area contributed by atoms with E-state index in [1.165, 1.54) is 16.4 Å². The SMILES string of the molecule is CC1(C)[C@@H]2CC[C@@]1(CS(=O)(=O)N1CCC3(C=Cc4cc(F)c(F)cc43)CC1)C(=O)C2. The number of Topliss-reactive ketones (excluding diaryl/α,β-unsaturated/α-hetero) is 1. The Morgan fingerprint density at radius 2 is 1.77 bits per heavy atom. The molecule has 0 unspecified atom stereocenters. The van der Waals surface area contributed by atoms with E-state index in [1.54, 1.807) is 6.08 Å². The van der Waals surface area contributed by atoms with Crippen LogP contribution in [0.3, 0.4) is 0 Å². The van der Waals surface area contributed by atoms with Gasteiger partial charge in [-0.2, -0.15) is 0 Å². The molecule has 3 aliphatic carbocycles. The van der Waals surface area contributed by atoms with Gasteiger partial charge in [0, 0.05) is 30.3 Å². The Hall–Kier alpha value is -1.60. The monoisotopic (exact) mass is 435 g/mol. The van der Waals surface area contributed by atoms with Gasteiger partial charge in [0.2, 0.25) is 10.0 Å². The van der Waals surface area contributed by atoms with Crippen LogP contribution in [0, 0.1) is 28.4 Å². The molecule has 162 valence electrons. The van der Waals surface area contributed by atoms with Crippen LogP contribution in [-0.4, -0.2) is 37.3 Å². The zero-order chi connectivity index (χ0) is 21.5. The molecule has 1 aliphatic heterocycles. The maximum Gasteiger partial charge on any atom is 0.215 e. The average Bonchev–Trinajstić information content (AvgIpc) is 3.19. The summed E-state index contributed by atoms with van der Waals surface area (Å²) < 4.78 is 55.7. The lowest BCUT2D eigenvalue weighted by Gasteiger charge is -2.41. The molecule has 0 radical (unpaired) electrons. The Balaban J connectivity index is 1.36. The van der Waals surface area contributed by atoms with Crippen molar-refractivity contribution in [2.75, 3.05) is 18.8 Å². The molecule has 7 heteroatoms. The van der Waals surface area contributed by atoms with Gasteiger partial charge >= 0.3 is 0 Å². The second-order valence-electron chi connectivity index (χ2n) is 10.2. The maximum atomic E-state index is 13.9. The second kappa shape index (κ2) is 6.22. The molecular weight excluding hydrogens is 408 g/mol. The largest absolute Gasteiger partial charge is 0.299 e. The molecule has 2 bridgehead atoms. The Morgan fingerprint density at radius 3 is 2.37 bits per heavy atom. The first-order valence-corrected chi connectivity index (χ1v) is 12.3. The molecule has 3 fully saturated rings. The number of hydrogen-bond donors (Lipinski definition) is 0. The zero-order valence-corrected chi connectivity index (χ0v) is 18.2. The number of ketones is 1. The van der Waals surface area contributed by atoms with Gasteiger partial charge in [0.15, 0.2) is 11.6 Å². The van der Waals surface area contributed by atoms with Crippen molar-refractivity contribution < 1.29 is 22.0 Å². The molecule has 30 heavy (non-hydrogen) atoms. The highest BCUT2D eigenvalue weighted by Crippen LogP contribution is 2.64. The molecule has 4 aliphatic rings. The fraction of sp³-hybridized carbons (Fsp3) is 0.609. The van der Waals surface area contributed by atoms with E-state index in [0.717, 1.165) is 12.0 Å². The number of benzene rings is 1. The first-order chi connectivity index (χ1) is 14.0. The van der Waals surface area contributed by atoms with E-state index in [-0.39, 0.29) is 22.9 Å². The molecule has 1 spiro atoms. The van der Waals surface area contributed by atoms with Gasteiger partial charge in [-0.3, -0.25) is 4.79 Å². The number of nitrogens with zero attached hydrogens (tertiary/aromatic N) is 1. The summed E-state index contributed by atoms with van der Waals surface area (Å²) in [6, 6.07) is 2.47. The van der Waals surface area contributed by atoms with Crippen molar-refractivity contribution >= 4 is 21.9 Å². The minimum Gasteiger partial charge on any atom is -0.299 e. The van der Waals surface area contributed by atoms with Gasteiger partial charge in [0.1, 0.15) is 5.78 Å². The standard InChI is InChI=1S/C23H27F2NO3S/c1-21(2)16-4-6-23(21,20(27)12-16)14-30(28,29)26-9-7-22(8-10-26)5-3-15-11-18(24)19(25)13-17(15)22/h3,5,11,13,16H,4,6-10,12,14H2,1-2H3/t16-,23-/m1/s1. The third-order valence-corrected chi connectivity index (χ3v) is 10.8. The van der Waals surface area contributed by atoms with Crippen LogP contribution in [0.2, 0.25) is 0 Å². The number of piperidine rings is 1. The van der Waals surface area contributed by atoms with Crippen molar-refractivity contribution in [3.63, 3.8) is 0 Å². The van der Waals surface area contributed by atoms with E-state index >= 15 is 0 Å². The van der Waals surface area contributed by atoms with Crippen molar-refractivity contribution in [2.24, 2.45) is 16.7 Å². The summed E-state index contributed by atoms with van der Waals surface area (Å²) in [7, 11) is -3.60. The minimum atomic E-state index is -3.60. The highest BCUT2D eigenvalue weighted by atomic mass is 32.2. The third kappa shape index (κ3) is 2.57.